The number of nitrogens with zero attached hydrogens (tertiary/aromatic N) is 2. The lowest BCUT2D eigenvalue weighted by Crippen LogP contribution is -2.07. The van der Waals surface area contributed by atoms with Crippen molar-refractivity contribution in [1.29, 1.82) is 0 Å². The second-order valence-electron chi connectivity index (χ2n) is 3.80. The van der Waals surface area contributed by atoms with Crippen LogP contribution >= 0.6 is 22.9 Å². The van der Waals surface area contributed by atoms with Crippen molar-refractivity contribution in [3.8, 4) is 0 Å². The molecule has 110 valence electrons. The highest BCUT2D eigenvalue weighted by molar-refractivity contribution is 7.13. The van der Waals surface area contributed by atoms with E-state index in [1.165, 1.54) is 11.6 Å². The standard InChI is InChI=1S/C12H7ClF3N3OS/c13-9-3-2-8(12(14,15)16)5-7(9)1-4-10(20)18-11-19-17-6-21-11/h1-6H,(H,18,19,20)/b4-1+. The maximum Gasteiger partial charge on any atom is 0.416 e. The summed E-state index contributed by atoms with van der Waals surface area (Å²) in [6.45, 7) is 0. The van der Waals surface area contributed by atoms with Gasteiger partial charge in [0.05, 0.1) is 5.56 Å². The summed E-state index contributed by atoms with van der Waals surface area (Å²) in [5, 5.41) is 9.95. The summed E-state index contributed by atoms with van der Waals surface area (Å²) < 4.78 is 37.8. The van der Waals surface area contributed by atoms with Gasteiger partial charge in [0.15, 0.2) is 0 Å². The summed E-state index contributed by atoms with van der Waals surface area (Å²) in [5.41, 5.74) is 0.693. The monoisotopic (exact) mass is 333 g/mol. The second kappa shape index (κ2) is 6.23. The van der Waals surface area contributed by atoms with Crippen LogP contribution in [-0.2, 0) is 11.0 Å². The summed E-state index contributed by atoms with van der Waals surface area (Å²) in [4.78, 5) is 11.6. The van der Waals surface area contributed by atoms with E-state index in [-0.39, 0.29) is 10.6 Å². The van der Waals surface area contributed by atoms with E-state index < -0.39 is 17.6 Å². The van der Waals surface area contributed by atoms with Crippen molar-refractivity contribution >= 4 is 40.1 Å². The van der Waals surface area contributed by atoms with Gasteiger partial charge in [0, 0.05) is 11.1 Å². The second-order valence-corrected chi connectivity index (χ2v) is 5.04. The summed E-state index contributed by atoms with van der Waals surface area (Å²) in [6, 6.07) is 2.88. The fraction of sp³-hybridized carbons (Fsp3) is 0.0833. The Kier molecular flexibility index (Phi) is 4.59. The molecule has 4 nitrogen and oxygen atoms in total. The van der Waals surface area contributed by atoms with E-state index in [1.54, 1.807) is 0 Å². The highest BCUT2D eigenvalue weighted by atomic mass is 35.5. The predicted octanol–water partition coefficient (Wildman–Crippen LogP) is 3.86. The summed E-state index contributed by atoms with van der Waals surface area (Å²) in [7, 11) is 0. The smallest absolute Gasteiger partial charge is 0.297 e. The van der Waals surface area contributed by atoms with Gasteiger partial charge >= 0.3 is 6.18 Å². The number of carbonyl (C=O) groups is 1. The number of benzene rings is 1. The molecule has 9 heteroatoms. The number of hydrogen-bond donors (Lipinski definition) is 1. The van der Waals surface area contributed by atoms with Gasteiger partial charge in [-0.2, -0.15) is 13.2 Å². The quantitative estimate of drug-likeness (QED) is 0.868. The molecule has 0 bridgehead atoms. The third-order valence-corrected chi connectivity index (χ3v) is 3.28. The van der Waals surface area contributed by atoms with Gasteiger partial charge in [-0.3, -0.25) is 10.1 Å². The molecule has 0 radical (unpaired) electrons. The minimum Gasteiger partial charge on any atom is -0.297 e. The average molecular weight is 334 g/mol. The third-order valence-electron chi connectivity index (χ3n) is 2.33. The van der Waals surface area contributed by atoms with Crippen molar-refractivity contribution in [1.82, 2.24) is 10.2 Å². The summed E-state index contributed by atoms with van der Waals surface area (Å²) in [6.07, 6.45) is -2.20. The van der Waals surface area contributed by atoms with Gasteiger partial charge < -0.3 is 0 Å². The maximum absolute atomic E-state index is 12.6. The Hall–Kier alpha value is -1.93. The van der Waals surface area contributed by atoms with E-state index in [1.807, 2.05) is 0 Å². The van der Waals surface area contributed by atoms with Crippen LogP contribution in [0.2, 0.25) is 5.02 Å². The van der Waals surface area contributed by atoms with Crippen LogP contribution in [-0.4, -0.2) is 16.1 Å². The SMILES string of the molecule is O=C(/C=C/c1cc(C(F)(F)F)ccc1Cl)Nc1nncs1. The first-order valence-corrected chi connectivity index (χ1v) is 6.74. The van der Waals surface area contributed by atoms with Crippen LogP contribution < -0.4 is 5.32 Å². The van der Waals surface area contributed by atoms with Gasteiger partial charge in [-0.1, -0.05) is 22.9 Å². The molecule has 0 fully saturated rings. The predicted molar refractivity (Wildman–Crippen MR) is 74.0 cm³/mol. The minimum atomic E-state index is -4.47. The van der Waals surface area contributed by atoms with Crippen LogP contribution in [0.5, 0.6) is 0 Å². The Morgan fingerprint density at radius 1 is 1.38 bits per heavy atom. The molecule has 0 aliphatic rings. The van der Waals surface area contributed by atoms with Gasteiger partial charge in [0.25, 0.3) is 0 Å². The Bertz CT molecular complexity index is 671. The number of halogens is 4. The molecule has 0 saturated heterocycles. The van der Waals surface area contributed by atoms with Crippen LogP contribution in [0.15, 0.2) is 29.8 Å². The molecular formula is C12H7ClF3N3OS. The number of carbonyl (C=O) groups excluding carboxylic acids is 1. The lowest BCUT2D eigenvalue weighted by molar-refractivity contribution is -0.137. The number of aromatic nitrogens is 2. The van der Waals surface area contributed by atoms with E-state index in [9.17, 15) is 18.0 Å². The van der Waals surface area contributed by atoms with E-state index in [4.69, 9.17) is 11.6 Å². The van der Waals surface area contributed by atoms with E-state index in [0.717, 1.165) is 35.6 Å². The molecule has 1 aromatic heterocycles. The highest BCUT2D eigenvalue weighted by Crippen LogP contribution is 2.32. The molecule has 1 heterocycles. The molecule has 21 heavy (non-hydrogen) atoms. The van der Waals surface area contributed by atoms with Crippen molar-refractivity contribution in [3.63, 3.8) is 0 Å². The molecule has 1 N–H and O–H groups in total. The average Bonchev–Trinajstić information content (AvgIpc) is 2.89. The van der Waals surface area contributed by atoms with Crippen LogP contribution in [0.3, 0.4) is 0 Å². The van der Waals surface area contributed by atoms with Crippen LogP contribution in [0.25, 0.3) is 6.08 Å². The zero-order valence-corrected chi connectivity index (χ0v) is 11.8. The zero-order valence-electron chi connectivity index (χ0n) is 10.2. The lowest BCUT2D eigenvalue weighted by atomic mass is 10.1. The number of hydrogen-bond acceptors (Lipinski definition) is 4. The van der Waals surface area contributed by atoms with Crippen LogP contribution in [0.4, 0.5) is 18.3 Å². The molecule has 0 atom stereocenters. The number of amides is 1. The normalized spacial score (nSPS) is 11.8. The first kappa shape index (κ1) is 15.5. The van der Waals surface area contributed by atoms with E-state index >= 15 is 0 Å². The highest BCUT2D eigenvalue weighted by Gasteiger charge is 2.30. The lowest BCUT2D eigenvalue weighted by Gasteiger charge is -2.08. The maximum atomic E-state index is 12.6. The summed E-state index contributed by atoms with van der Waals surface area (Å²) in [5.74, 6) is -0.541. The topological polar surface area (TPSA) is 54.9 Å². The van der Waals surface area contributed by atoms with Crippen molar-refractivity contribution in [2.45, 2.75) is 6.18 Å². The van der Waals surface area contributed by atoms with Crippen molar-refractivity contribution in [3.05, 3.63) is 45.9 Å². The summed E-state index contributed by atoms with van der Waals surface area (Å²) >= 11 is 6.92. The van der Waals surface area contributed by atoms with Crippen LogP contribution in [0.1, 0.15) is 11.1 Å². The number of nitrogens with one attached hydrogen (secondary N) is 1. The fourth-order valence-electron chi connectivity index (χ4n) is 1.39. The van der Waals surface area contributed by atoms with Gasteiger partial charge in [-0.15, -0.1) is 10.2 Å². The number of anilines is 1. The Morgan fingerprint density at radius 3 is 2.76 bits per heavy atom. The molecule has 1 aromatic carbocycles. The minimum absolute atomic E-state index is 0.0962. The molecule has 0 spiro atoms. The van der Waals surface area contributed by atoms with Crippen molar-refractivity contribution < 1.29 is 18.0 Å². The van der Waals surface area contributed by atoms with Gasteiger partial charge in [0.1, 0.15) is 5.51 Å². The van der Waals surface area contributed by atoms with Crippen molar-refractivity contribution in [2.75, 3.05) is 5.32 Å². The Balaban J connectivity index is 2.15. The molecule has 0 saturated carbocycles. The van der Waals surface area contributed by atoms with Gasteiger partial charge in [-0.25, -0.2) is 0 Å². The molecule has 0 aliphatic heterocycles. The third kappa shape index (κ3) is 4.27. The largest absolute Gasteiger partial charge is 0.416 e. The zero-order chi connectivity index (χ0) is 15.5. The first-order chi connectivity index (χ1) is 9.86. The Labute approximate surface area is 126 Å². The van der Waals surface area contributed by atoms with Crippen molar-refractivity contribution in [2.24, 2.45) is 0 Å². The molecule has 2 rings (SSSR count). The van der Waals surface area contributed by atoms with Gasteiger partial charge in [0.2, 0.25) is 11.0 Å². The number of alkyl halides is 3. The van der Waals surface area contributed by atoms with E-state index in [2.05, 4.69) is 15.5 Å². The molecule has 0 unspecified atom stereocenters. The number of rotatable bonds is 3. The van der Waals surface area contributed by atoms with Gasteiger partial charge in [-0.05, 0) is 29.8 Å². The Morgan fingerprint density at radius 2 is 2.14 bits per heavy atom. The van der Waals surface area contributed by atoms with E-state index in [0.29, 0.717) is 5.13 Å². The molecular weight excluding hydrogens is 327 g/mol. The fourth-order valence-corrected chi connectivity index (χ4v) is 2.02. The molecule has 1 amide bonds. The molecule has 0 aliphatic carbocycles. The molecule has 2 aromatic rings. The first-order valence-electron chi connectivity index (χ1n) is 5.48. The van der Waals surface area contributed by atoms with Crippen LogP contribution in [0, 0.1) is 0 Å².